The molecule has 0 N–H and O–H groups in total. The lowest BCUT2D eigenvalue weighted by molar-refractivity contribution is -0.141. The number of carbonyl (C=O) groups is 1. The molecule has 0 aromatic heterocycles. The van der Waals surface area contributed by atoms with Crippen molar-refractivity contribution in [3.8, 4) is 0 Å². The minimum Gasteiger partial charge on any atom is -0.468 e. The zero-order valence-corrected chi connectivity index (χ0v) is 9.63. The molecule has 0 aliphatic heterocycles. The van der Waals surface area contributed by atoms with Gasteiger partial charge in [-0.25, -0.2) is 8.42 Å². The fraction of sp³-hybridized carbons (Fsp3) is 0.875. The summed E-state index contributed by atoms with van der Waals surface area (Å²) >= 11 is 0. The third-order valence-electron chi connectivity index (χ3n) is 1.81. The van der Waals surface area contributed by atoms with E-state index in [-0.39, 0.29) is 18.3 Å². The van der Waals surface area contributed by atoms with Gasteiger partial charge < -0.3 is 4.74 Å². The van der Waals surface area contributed by atoms with Crippen molar-refractivity contribution in [3.05, 3.63) is 0 Å². The molecule has 0 spiro atoms. The van der Waals surface area contributed by atoms with Crippen LogP contribution in [0.25, 0.3) is 0 Å². The highest BCUT2D eigenvalue weighted by Crippen LogP contribution is 1.92. The molecule has 0 saturated heterocycles. The topological polar surface area (TPSA) is 63.7 Å². The molecule has 0 bridgehead atoms. The predicted octanol–water partition coefficient (Wildman–Crippen LogP) is -0.474. The monoisotopic (exact) mass is 223 g/mol. The summed E-state index contributed by atoms with van der Waals surface area (Å²) in [6.07, 6.45) is 1.18. The minimum atomic E-state index is -2.97. The second kappa shape index (κ2) is 5.98. The standard InChI is InChI=1S/C8H17NO4S/c1-4-9(7-8(10)13-2)5-6-14(3,11)12/h4-7H2,1-3H3. The summed E-state index contributed by atoms with van der Waals surface area (Å²) in [6.45, 7) is 3.00. The van der Waals surface area contributed by atoms with Crippen molar-refractivity contribution in [2.75, 3.05) is 38.8 Å². The van der Waals surface area contributed by atoms with Crippen molar-refractivity contribution in [2.45, 2.75) is 6.92 Å². The van der Waals surface area contributed by atoms with Gasteiger partial charge in [0.1, 0.15) is 9.84 Å². The molecule has 0 unspecified atom stereocenters. The summed E-state index contributed by atoms with van der Waals surface area (Å²) < 4.78 is 26.2. The Kier molecular flexibility index (Phi) is 5.71. The lowest BCUT2D eigenvalue weighted by Gasteiger charge is -2.17. The number of hydrogen-bond donors (Lipinski definition) is 0. The van der Waals surface area contributed by atoms with Crippen molar-refractivity contribution in [1.29, 1.82) is 0 Å². The van der Waals surface area contributed by atoms with E-state index in [1.165, 1.54) is 13.4 Å². The van der Waals surface area contributed by atoms with E-state index in [4.69, 9.17) is 0 Å². The zero-order valence-electron chi connectivity index (χ0n) is 8.82. The van der Waals surface area contributed by atoms with Crippen LogP contribution in [0.5, 0.6) is 0 Å². The molecule has 0 aliphatic carbocycles. The highest BCUT2D eigenvalue weighted by Gasteiger charge is 2.11. The first kappa shape index (κ1) is 13.4. The third kappa shape index (κ3) is 6.85. The Morgan fingerprint density at radius 2 is 2.00 bits per heavy atom. The van der Waals surface area contributed by atoms with Crippen LogP contribution in [0.15, 0.2) is 0 Å². The second-order valence-corrected chi connectivity index (χ2v) is 5.33. The number of hydrogen-bond acceptors (Lipinski definition) is 5. The maximum Gasteiger partial charge on any atom is 0.319 e. The second-order valence-electron chi connectivity index (χ2n) is 3.07. The SMILES string of the molecule is CCN(CCS(C)(=O)=O)CC(=O)OC. The summed E-state index contributed by atoms with van der Waals surface area (Å²) in [4.78, 5) is 12.6. The molecule has 0 aliphatic rings. The van der Waals surface area contributed by atoms with Crippen LogP contribution in [0.4, 0.5) is 0 Å². The smallest absolute Gasteiger partial charge is 0.319 e. The third-order valence-corrected chi connectivity index (χ3v) is 2.73. The molecular weight excluding hydrogens is 206 g/mol. The molecule has 0 fully saturated rings. The van der Waals surface area contributed by atoms with Crippen molar-refractivity contribution in [2.24, 2.45) is 0 Å². The first-order chi connectivity index (χ1) is 6.39. The van der Waals surface area contributed by atoms with Gasteiger partial charge in [0.15, 0.2) is 0 Å². The fourth-order valence-electron chi connectivity index (χ4n) is 0.891. The molecule has 0 amide bonds. The molecule has 14 heavy (non-hydrogen) atoms. The van der Waals surface area contributed by atoms with Gasteiger partial charge in [-0.05, 0) is 6.54 Å². The molecule has 0 saturated carbocycles. The van der Waals surface area contributed by atoms with E-state index in [2.05, 4.69) is 4.74 Å². The number of likely N-dealkylation sites (N-methyl/N-ethyl adjacent to an activating group) is 1. The Balaban J connectivity index is 3.98. The number of ether oxygens (including phenoxy) is 1. The van der Waals surface area contributed by atoms with Crippen molar-refractivity contribution in [1.82, 2.24) is 4.90 Å². The van der Waals surface area contributed by atoms with Crippen molar-refractivity contribution >= 4 is 15.8 Å². The van der Waals surface area contributed by atoms with E-state index in [1.54, 1.807) is 4.90 Å². The summed E-state index contributed by atoms with van der Waals surface area (Å²) in [6, 6.07) is 0. The van der Waals surface area contributed by atoms with Gasteiger partial charge >= 0.3 is 5.97 Å². The number of esters is 1. The van der Waals surface area contributed by atoms with E-state index in [0.29, 0.717) is 13.1 Å². The molecule has 0 heterocycles. The van der Waals surface area contributed by atoms with E-state index in [1.807, 2.05) is 6.92 Å². The van der Waals surface area contributed by atoms with Crippen LogP contribution in [0, 0.1) is 0 Å². The molecule has 0 radical (unpaired) electrons. The molecular formula is C8H17NO4S. The lowest BCUT2D eigenvalue weighted by Crippen LogP contribution is -2.34. The molecule has 84 valence electrons. The average Bonchev–Trinajstić information content (AvgIpc) is 2.10. The van der Waals surface area contributed by atoms with Crippen molar-refractivity contribution < 1.29 is 17.9 Å². The fourth-order valence-corrected chi connectivity index (χ4v) is 1.48. The number of sulfone groups is 1. The van der Waals surface area contributed by atoms with E-state index < -0.39 is 9.84 Å². The molecule has 0 atom stereocenters. The zero-order chi connectivity index (χ0) is 11.2. The van der Waals surface area contributed by atoms with E-state index in [0.717, 1.165) is 0 Å². The first-order valence-corrected chi connectivity index (χ1v) is 6.42. The van der Waals surface area contributed by atoms with Crippen LogP contribution < -0.4 is 0 Å². The lowest BCUT2D eigenvalue weighted by atomic mass is 10.5. The largest absolute Gasteiger partial charge is 0.468 e. The molecule has 5 nitrogen and oxygen atoms in total. The van der Waals surface area contributed by atoms with Crippen LogP contribution in [0.2, 0.25) is 0 Å². The van der Waals surface area contributed by atoms with Gasteiger partial charge in [-0.3, -0.25) is 9.69 Å². The van der Waals surface area contributed by atoms with Gasteiger partial charge in [0.05, 0.1) is 19.4 Å². The Morgan fingerprint density at radius 3 is 2.36 bits per heavy atom. The van der Waals surface area contributed by atoms with Gasteiger partial charge in [-0.2, -0.15) is 0 Å². The van der Waals surface area contributed by atoms with Gasteiger partial charge in [0, 0.05) is 12.8 Å². The maximum atomic E-state index is 10.9. The van der Waals surface area contributed by atoms with Crippen LogP contribution >= 0.6 is 0 Å². The van der Waals surface area contributed by atoms with Crippen LogP contribution in [-0.2, 0) is 19.4 Å². The highest BCUT2D eigenvalue weighted by molar-refractivity contribution is 7.90. The normalized spacial score (nSPS) is 11.7. The number of nitrogens with zero attached hydrogens (tertiary/aromatic N) is 1. The van der Waals surface area contributed by atoms with Gasteiger partial charge in [0.25, 0.3) is 0 Å². The summed E-state index contributed by atoms with van der Waals surface area (Å²) in [7, 11) is -1.65. The van der Waals surface area contributed by atoms with E-state index in [9.17, 15) is 13.2 Å². The Hall–Kier alpha value is -0.620. The number of rotatable bonds is 6. The van der Waals surface area contributed by atoms with Gasteiger partial charge in [0.2, 0.25) is 0 Å². The van der Waals surface area contributed by atoms with Gasteiger partial charge in [-0.15, -0.1) is 0 Å². The Labute approximate surface area is 85.0 Å². The minimum absolute atomic E-state index is 0.0673. The quantitative estimate of drug-likeness (QED) is 0.569. The molecule has 0 rings (SSSR count). The molecule has 0 aromatic rings. The summed E-state index contributed by atoms with van der Waals surface area (Å²) in [5, 5.41) is 0. The number of carbonyl (C=O) groups excluding carboxylic acids is 1. The Morgan fingerprint density at radius 1 is 1.43 bits per heavy atom. The summed E-state index contributed by atoms with van der Waals surface area (Å²) in [5.74, 6) is -0.280. The average molecular weight is 223 g/mol. The van der Waals surface area contributed by atoms with Crippen molar-refractivity contribution in [3.63, 3.8) is 0 Å². The highest BCUT2D eigenvalue weighted by atomic mass is 32.2. The predicted molar refractivity (Wildman–Crippen MR) is 53.8 cm³/mol. The molecule has 0 aromatic carbocycles. The van der Waals surface area contributed by atoms with Crippen LogP contribution in [0.3, 0.4) is 0 Å². The van der Waals surface area contributed by atoms with Gasteiger partial charge in [-0.1, -0.05) is 6.92 Å². The van der Waals surface area contributed by atoms with E-state index >= 15 is 0 Å². The number of methoxy groups -OCH3 is 1. The maximum absolute atomic E-state index is 10.9. The summed E-state index contributed by atoms with van der Waals surface area (Å²) in [5.41, 5.74) is 0. The first-order valence-electron chi connectivity index (χ1n) is 4.36. The van der Waals surface area contributed by atoms with Crippen LogP contribution in [-0.4, -0.2) is 58.0 Å². The Bertz CT molecular complexity index is 273. The molecule has 6 heteroatoms. The van der Waals surface area contributed by atoms with Crippen LogP contribution in [0.1, 0.15) is 6.92 Å².